The molecule has 0 N–H and O–H groups in total. The quantitative estimate of drug-likeness (QED) is 0.636. The van der Waals surface area contributed by atoms with E-state index in [1.807, 2.05) is 0 Å². The third kappa shape index (κ3) is 0.876. The van der Waals surface area contributed by atoms with Gasteiger partial charge >= 0.3 is 0 Å². The fourth-order valence-electron chi connectivity index (χ4n) is 3.37. The Bertz CT molecular complexity index is 553. The number of hydrogen-bond acceptors (Lipinski definition) is 1. The largest absolute Gasteiger partial charge is 0.303 e. The van der Waals surface area contributed by atoms with Gasteiger partial charge in [0.2, 0.25) is 0 Å². The summed E-state index contributed by atoms with van der Waals surface area (Å²) in [5.41, 5.74) is 5.38. The van der Waals surface area contributed by atoms with Crippen molar-refractivity contribution in [2.24, 2.45) is 0 Å². The Hall–Kier alpha value is -1.31. The highest BCUT2D eigenvalue weighted by Crippen LogP contribution is 2.52. The normalized spacial score (nSPS) is 27.5. The summed E-state index contributed by atoms with van der Waals surface area (Å²) in [5.74, 6) is 1.56. The highest BCUT2D eigenvalue weighted by molar-refractivity contribution is 5.49. The molecular formula is C13H14N2. The van der Waals surface area contributed by atoms with Crippen LogP contribution >= 0.6 is 0 Å². The number of fused-ring (bicyclic) bond motifs is 7. The van der Waals surface area contributed by atoms with E-state index in [1.165, 1.54) is 36.2 Å². The fraction of sp³-hybridized carbons (Fsp3) is 0.462. The first-order valence-corrected chi connectivity index (χ1v) is 5.81. The van der Waals surface area contributed by atoms with E-state index >= 15 is 0 Å². The standard InChI is InChI=1S/C13H14N2/c1-8-2-5-11-14-12-9-3-4-10(6-9)13(12)15(11)7-8/h2,5,7,9-10H,3-4,6H2,1H3. The van der Waals surface area contributed by atoms with Gasteiger partial charge in [-0.05, 0) is 37.8 Å². The van der Waals surface area contributed by atoms with Crippen LogP contribution in [-0.4, -0.2) is 9.38 Å². The van der Waals surface area contributed by atoms with Crippen LogP contribution in [0.25, 0.3) is 5.65 Å². The maximum atomic E-state index is 4.78. The summed E-state index contributed by atoms with van der Waals surface area (Å²) >= 11 is 0. The molecule has 2 aliphatic carbocycles. The van der Waals surface area contributed by atoms with Gasteiger partial charge in [-0.3, -0.25) is 0 Å². The maximum Gasteiger partial charge on any atom is 0.137 e. The Morgan fingerprint density at radius 3 is 3.07 bits per heavy atom. The van der Waals surface area contributed by atoms with E-state index in [0.717, 1.165) is 17.5 Å². The molecule has 2 bridgehead atoms. The zero-order valence-corrected chi connectivity index (χ0v) is 8.90. The summed E-state index contributed by atoms with van der Waals surface area (Å²) in [7, 11) is 0. The molecule has 2 heterocycles. The van der Waals surface area contributed by atoms with Crippen LogP contribution in [0.2, 0.25) is 0 Å². The number of pyridine rings is 1. The van der Waals surface area contributed by atoms with Crippen molar-refractivity contribution in [3.05, 3.63) is 35.3 Å². The molecule has 2 unspecified atom stereocenters. The fourth-order valence-corrected chi connectivity index (χ4v) is 3.37. The van der Waals surface area contributed by atoms with E-state index in [-0.39, 0.29) is 0 Å². The first-order chi connectivity index (χ1) is 7.33. The molecule has 0 saturated heterocycles. The van der Waals surface area contributed by atoms with Crippen LogP contribution in [-0.2, 0) is 0 Å². The molecule has 0 aliphatic heterocycles. The molecule has 15 heavy (non-hydrogen) atoms. The molecule has 4 rings (SSSR count). The van der Waals surface area contributed by atoms with Crippen molar-refractivity contribution < 1.29 is 0 Å². The summed E-state index contributed by atoms with van der Waals surface area (Å²) in [6.07, 6.45) is 6.33. The maximum absolute atomic E-state index is 4.78. The van der Waals surface area contributed by atoms with Gasteiger partial charge in [0.25, 0.3) is 0 Å². The van der Waals surface area contributed by atoms with Crippen molar-refractivity contribution >= 4 is 5.65 Å². The highest BCUT2D eigenvalue weighted by atomic mass is 15.0. The van der Waals surface area contributed by atoms with Crippen LogP contribution in [0, 0.1) is 6.92 Å². The molecule has 2 aromatic heterocycles. The van der Waals surface area contributed by atoms with E-state index in [0.29, 0.717) is 0 Å². The number of aryl methyl sites for hydroxylation is 1. The van der Waals surface area contributed by atoms with Crippen LogP contribution in [0.3, 0.4) is 0 Å². The summed E-state index contributed by atoms with van der Waals surface area (Å²) in [5, 5.41) is 0. The predicted molar refractivity (Wildman–Crippen MR) is 59.3 cm³/mol. The Morgan fingerprint density at radius 2 is 2.13 bits per heavy atom. The van der Waals surface area contributed by atoms with Crippen LogP contribution in [0.4, 0.5) is 0 Å². The Labute approximate surface area is 88.9 Å². The minimum Gasteiger partial charge on any atom is -0.303 e. The number of hydrogen-bond donors (Lipinski definition) is 0. The zero-order chi connectivity index (χ0) is 9.99. The molecule has 2 heteroatoms. The van der Waals surface area contributed by atoms with Crippen molar-refractivity contribution in [1.82, 2.24) is 9.38 Å². The van der Waals surface area contributed by atoms with Crippen molar-refractivity contribution in [2.75, 3.05) is 0 Å². The summed E-state index contributed by atoms with van der Waals surface area (Å²) in [6.45, 7) is 2.15. The molecule has 0 spiro atoms. The van der Waals surface area contributed by atoms with Gasteiger partial charge in [0.05, 0.1) is 5.69 Å². The third-order valence-electron chi connectivity index (χ3n) is 4.04. The molecule has 0 amide bonds. The van der Waals surface area contributed by atoms with Gasteiger partial charge in [-0.25, -0.2) is 4.98 Å². The number of aromatic nitrogens is 2. The Morgan fingerprint density at radius 1 is 1.27 bits per heavy atom. The second-order valence-corrected chi connectivity index (χ2v) is 5.02. The molecule has 1 saturated carbocycles. The van der Waals surface area contributed by atoms with E-state index in [1.54, 1.807) is 0 Å². The van der Waals surface area contributed by atoms with Crippen molar-refractivity contribution in [3.8, 4) is 0 Å². The topological polar surface area (TPSA) is 17.3 Å². The van der Waals surface area contributed by atoms with Crippen LogP contribution in [0.5, 0.6) is 0 Å². The molecule has 2 atom stereocenters. The lowest BCUT2D eigenvalue weighted by Crippen LogP contribution is -1.99. The van der Waals surface area contributed by atoms with Gasteiger partial charge in [0.1, 0.15) is 5.65 Å². The average molecular weight is 198 g/mol. The molecule has 0 radical (unpaired) electrons. The van der Waals surface area contributed by atoms with Gasteiger partial charge in [-0.2, -0.15) is 0 Å². The van der Waals surface area contributed by atoms with E-state index in [9.17, 15) is 0 Å². The van der Waals surface area contributed by atoms with E-state index in [4.69, 9.17) is 4.98 Å². The van der Waals surface area contributed by atoms with Crippen LogP contribution in [0.1, 0.15) is 48.0 Å². The summed E-state index contributed by atoms with van der Waals surface area (Å²) in [6, 6.07) is 4.30. The number of imidazole rings is 1. The molecule has 76 valence electrons. The second kappa shape index (κ2) is 2.43. The Balaban J connectivity index is 2.10. The second-order valence-electron chi connectivity index (χ2n) is 5.02. The molecule has 0 aromatic carbocycles. The lowest BCUT2D eigenvalue weighted by atomic mass is 10.0. The molecule has 1 fully saturated rings. The molecular weight excluding hydrogens is 184 g/mol. The smallest absolute Gasteiger partial charge is 0.137 e. The number of nitrogens with zero attached hydrogens (tertiary/aromatic N) is 2. The monoisotopic (exact) mass is 198 g/mol. The van der Waals surface area contributed by atoms with E-state index in [2.05, 4.69) is 29.7 Å². The minimum absolute atomic E-state index is 0.769. The first kappa shape index (κ1) is 7.91. The van der Waals surface area contributed by atoms with Crippen molar-refractivity contribution in [2.45, 2.75) is 38.0 Å². The molecule has 2 aromatic rings. The third-order valence-corrected chi connectivity index (χ3v) is 4.04. The lowest BCUT2D eigenvalue weighted by molar-refractivity contribution is 0.689. The van der Waals surface area contributed by atoms with Gasteiger partial charge in [-0.1, -0.05) is 6.07 Å². The zero-order valence-electron chi connectivity index (χ0n) is 8.90. The average Bonchev–Trinajstić information content (AvgIpc) is 2.85. The van der Waals surface area contributed by atoms with Crippen LogP contribution < -0.4 is 0 Å². The lowest BCUT2D eigenvalue weighted by Gasteiger charge is -2.09. The van der Waals surface area contributed by atoms with Crippen molar-refractivity contribution in [1.29, 1.82) is 0 Å². The number of rotatable bonds is 0. The Kier molecular flexibility index (Phi) is 1.28. The summed E-state index contributed by atoms with van der Waals surface area (Å²) < 4.78 is 2.33. The van der Waals surface area contributed by atoms with E-state index < -0.39 is 0 Å². The SMILES string of the molecule is Cc1ccc2nc3c(n2c1)C1CCC3C1. The van der Waals surface area contributed by atoms with Gasteiger partial charge < -0.3 is 4.40 Å². The van der Waals surface area contributed by atoms with Crippen LogP contribution in [0.15, 0.2) is 18.3 Å². The predicted octanol–water partition coefficient (Wildman–Crippen LogP) is 3.01. The first-order valence-electron chi connectivity index (χ1n) is 5.81. The van der Waals surface area contributed by atoms with Gasteiger partial charge in [0, 0.05) is 23.7 Å². The molecule has 2 aliphatic rings. The minimum atomic E-state index is 0.769. The summed E-state index contributed by atoms with van der Waals surface area (Å²) in [4.78, 5) is 4.78. The van der Waals surface area contributed by atoms with Gasteiger partial charge in [-0.15, -0.1) is 0 Å². The van der Waals surface area contributed by atoms with Crippen molar-refractivity contribution in [3.63, 3.8) is 0 Å². The van der Waals surface area contributed by atoms with Gasteiger partial charge in [0.15, 0.2) is 0 Å². The molecule has 2 nitrogen and oxygen atoms in total. The highest BCUT2D eigenvalue weighted by Gasteiger charge is 2.40.